The van der Waals surface area contributed by atoms with Gasteiger partial charge in [-0.25, -0.2) is 5.53 Å². The fraction of sp³-hybridized carbons (Fsp3) is 0.167. The zero-order chi connectivity index (χ0) is 5.82. The highest BCUT2D eigenvalue weighted by Gasteiger charge is 1.94. The first-order valence-electron chi connectivity index (χ1n) is 2.51. The van der Waals surface area contributed by atoms with E-state index in [9.17, 15) is 0 Å². The van der Waals surface area contributed by atoms with Gasteiger partial charge < -0.3 is 0 Å². The molecule has 8 heavy (non-hydrogen) atoms. The van der Waals surface area contributed by atoms with Gasteiger partial charge in [-0.15, -0.1) is 0 Å². The number of rotatable bonds is 1. The van der Waals surface area contributed by atoms with E-state index in [1.54, 1.807) is 0 Å². The molecule has 2 nitrogen and oxygen atoms in total. The Hall–Kier alpha value is -0.920. The van der Waals surface area contributed by atoms with Crippen molar-refractivity contribution in [2.45, 2.75) is 6.42 Å². The SMILES string of the molecule is N=NC1=CC=CC[CH]1. The Balaban J connectivity index is 2.63. The normalized spacial score (nSPS) is 17.8. The van der Waals surface area contributed by atoms with Crippen LogP contribution in [-0.2, 0) is 0 Å². The van der Waals surface area contributed by atoms with Crippen molar-refractivity contribution in [2.75, 3.05) is 0 Å². The zero-order valence-electron chi connectivity index (χ0n) is 4.46. The number of nitrogens with zero attached hydrogens (tertiary/aromatic N) is 1. The van der Waals surface area contributed by atoms with Crippen molar-refractivity contribution < 1.29 is 0 Å². The lowest BCUT2D eigenvalue weighted by molar-refractivity contribution is 1.02. The molecule has 0 saturated heterocycles. The summed E-state index contributed by atoms with van der Waals surface area (Å²) in [4.78, 5) is 0. The van der Waals surface area contributed by atoms with E-state index in [-0.39, 0.29) is 0 Å². The largest absolute Gasteiger partial charge is 0.205 e. The molecule has 1 radical (unpaired) electrons. The van der Waals surface area contributed by atoms with Gasteiger partial charge in [0.1, 0.15) is 0 Å². The lowest BCUT2D eigenvalue weighted by Gasteiger charge is -1.97. The van der Waals surface area contributed by atoms with E-state index in [1.807, 2.05) is 24.6 Å². The summed E-state index contributed by atoms with van der Waals surface area (Å²) in [5.74, 6) is 0. The molecule has 0 spiro atoms. The molecule has 0 aromatic rings. The minimum Gasteiger partial charge on any atom is -0.205 e. The fourth-order valence-electron chi connectivity index (χ4n) is 0.585. The average molecular weight is 107 g/mol. The Bertz CT molecular complexity index is 145. The second-order valence-electron chi connectivity index (χ2n) is 1.57. The van der Waals surface area contributed by atoms with Crippen LogP contribution in [-0.4, -0.2) is 0 Å². The third-order valence-electron chi connectivity index (χ3n) is 0.995. The van der Waals surface area contributed by atoms with E-state index in [0.717, 1.165) is 12.1 Å². The minimum absolute atomic E-state index is 0.757. The van der Waals surface area contributed by atoms with Gasteiger partial charge in [0.2, 0.25) is 0 Å². The number of allylic oxidation sites excluding steroid dienone is 4. The van der Waals surface area contributed by atoms with Gasteiger partial charge in [-0.3, -0.25) is 0 Å². The van der Waals surface area contributed by atoms with Crippen molar-refractivity contribution in [1.29, 1.82) is 5.53 Å². The molecule has 0 unspecified atom stereocenters. The van der Waals surface area contributed by atoms with Crippen LogP contribution in [0.5, 0.6) is 0 Å². The quantitative estimate of drug-likeness (QED) is 0.498. The summed E-state index contributed by atoms with van der Waals surface area (Å²) in [6.45, 7) is 0. The van der Waals surface area contributed by atoms with Crippen LogP contribution in [0.15, 0.2) is 29.0 Å². The highest BCUT2D eigenvalue weighted by atomic mass is 15.0. The molecule has 0 saturated carbocycles. The van der Waals surface area contributed by atoms with E-state index < -0.39 is 0 Å². The molecule has 0 heterocycles. The van der Waals surface area contributed by atoms with Gasteiger partial charge in [0.05, 0.1) is 5.70 Å². The van der Waals surface area contributed by atoms with Gasteiger partial charge in [0.25, 0.3) is 0 Å². The van der Waals surface area contributed by atoms with E-state index in [0.29, 0.717) is 0 Å². The topological polar surface area (TPSA) is 36.2 Å². The standard InChI is InChI=1S/C6H7N2/c7-8-6-4-2-1-3-5-6/h1-2,4-5,7H,3H2. The average Bonchev–Trinajstić information content (AvgIpc) is 1.90. The third kappa shape index (κ3) is 1.03. The summed E-state index contributed by atoms with van der Waals surface area (Å²) in [5, 5.41) is 3.25. The maximum atomic E-state index is 6.59. The monoisotopic (exact) mass is 107 g/mol. The Morgan fingerprint density at radius 3 is 2.88 bits per heavy atom. The maximum absolute atomic E-state index is 6.59. The molecule has 1 aliphatic carbocycles. The Labute approximate surface area is 48.4 Å². The molecular weight excluding hydrogens is 100 g/mol. The van der Waals surface area contributed by atoms with Gasteiger partial charge in [-0.2, -0.15) is 5.11 Å². The molecule has 0 fully saturated rings. The smallest absolute Gasteiger partial charge is 0.0664 e. The van der Waals surface area contributed by atoms with Crippen molar-refractivity contribution in [2.24, 2.45) is 5.11 Å². The van der Waals surface area contributed by atoms with Crippen molar-refractivity contribution in [3.63, 3.8) is 0 Å². The van der Waals surface area contributed by atoms with Crippen molar-refractivity contribution in [3.8, 4) is 0 Å². The lowest BCUT2D eigenvalue weighted by atomic mass is 10.1. The highest BCUT2D eigenvalue weighted by molar-refractivity contribution is 5.23. The van der Waals surface area contributed by atoms with Crippen LogP contribution in [0.3, 0.4) is 0 Å². The van der Waals surface area contributed by atoms with Crippen molar-refractivity contribution in [1.82, 2.24) is 0 Å². The van der Waals surface area contributed by atoms with Crippen LogP contribution in [0.1, 0.15) is 6.42 Å². The van der Waals surface area contributed by atoms with E-state index in [1.165, 1.54) is 0 Å². The molecule has 0 amide bonds. The Morgan fingerprint density at radius 1 is 1.62 bits per heavy atom. The summed E-state index contributed by atoms with van der Waals surface area (Å²) in [6, 6.07) is 0. The first kappa shape index (κ1) is 5.22. The molecule has 0 bridgehead atoms. The summed E-state index contributed by atoms with van der Waals surface area (Å²) >= 11 is 0. The molecule has 1 N–H and O–H groups in total. The molecule has 1 aliphatic rings. The van der Waals surface area contributed by atoms with E-state index >= 15 is 0 Å². The third-order valence-corrected chi connectivity index (χ3v) is 0.995. The highest BCUT2D eigenvalue weighted by Crippen LogP contribution is 2.09. The predicted octanol–water partition coefficient (Wildman–Crippen LogP) is 2.07. The fourth-order valence-corrected chi connectivity index (χ4v) is 0.585. The van der Waals surface area contributed by atoms with E-state index in [2.05, 4.69) is 5.11 Å². The zero-order valence-corrected chi connectivity index (χ0v) is 4.46. The second kappa shape index (κ2) is 2.40. The van der Waals surface area contributed by atoms with Crippen molar-refractivity contribution >= 4 is 0 Å². The van der Waals surface area contributed by atoms with Gasteiger partial charge in [0, 0.05) is 6.42 Å². The summed E-state index contributed by atoms with van der Waals surface area (Å²) in [5.41, 5.74) is 7.35. The molecule has 41 valence electrons. The first-order valence-corrected chi connectivity index (χ1v) is 2.51. The van der Waals surface area contributed by atoms with Crippen LogP contribution >= 0.6 is 0 Å². The van der Waals surface area contributed by atoms with Crippen LogP contribution in [0, 0.1) is 12.0 Å². The maximum Gasteiger partial charge on any atom is 0.0664 e. The number of hydrogen-bond acceptors (Lipinski definition) is 2. The van der Waals surface area contributed by atoms with Crippen LogP contribution < -0.4 is 0 Å². The van der Waals surface area contributed by atoms with Gasteiger partial charge >= 0.3 is 0 Å². The molecule has 0 aromatic heterocycles. The van der Waals surface area contributed by atoms with Crippen LogP contribution in [0.2, 0.25) is 0 Å². The Kier molecular flexibility index (Phi) is 1.57. The van der Waals surface area contributed by atoms with Crippen LogP contribution in [0.4, 0.5) is 0 Å². The summed E-state index contributed by atoms with van der Waals surface area (Å²) < 4.78 is 0. The van der Waals surface area contributed by atoms with Gasteiger partial charge in [-0.05, 0) is 12.5 Å². The summed E-state index contributed by atoms with van der Waals surface area (Å²) in [7, 11) is 0. The molecule has 0 atom stereocenters. The predicted molar refractivity (Wildman–Crippen MR) is 31.3 cm³/mol. The van der Waals surface area contributed by atoms with E-state index in [4.69, 9.17) is 5.53 Å². The van der Waals surface area contributed by atoms with Gasteiger partial charge in [-0.1, -0.05) is 12.2 Å². The Morgan fingerprint density at radius 2 is 2.50 bits per heavy atom. The molecule has 0 aromatic carbocycles. The second-order valence-corrected chi connectivity index (χ2v) is 1.57. The molecular formula is C6H7N2. The molecule has 1 rings (SSSR count). The van der Waals surface area contributed by atoms with Crippen molar-refractivity contribution in [3.05, 3.63) is 30.3 Å². The minimum atomic E-state index is 0.757. The van der Waals surface area contributed by atoms with Crippen LogP contribution in [0.25, 0.3) is 0 Å². The van der Waals surface area contributed by atoms with Gasteiger partial charge in [0.15, 0.2) is 0 Å². The molecule has 2 heteroatoms. The molecule has 0 aliphatic heterocycles. The number of hydrogen-bond donors (Lipinski definition) is 1. The summed E-state index contributed by atoms with van der Waals surface area (Å²) in [6.07, 6.45) is 8.57. The number of nitrogens with one attached hydrogen (secondary N) is 1. The lowest BCUT2D eigenvalue weighted by Crippen LogP contribution is -1.81. The first-order chi connectivity index (χ1) is 3.93.